The second-order valence-electron chi connectivity index (χ2n) is 8.85. The highest BCUT2D eigenvalue weighted by atomic mass is 19.4. The van der Waals surface area contributed by atoms with E-state index in [0.717, 1.165) is 11.1 Å². The standard InChI is InChI=1S/C27H25F5O/c1-26(2,3)21-13-9-20(10-14-21)24(25(28)29)17-23(18-7-5-4-6-8-18)19-11-15-22(16-12-19)33-27(30,31)32/h4-16,23H,17H2,1-3H3. The molecule has 0 saturated carbocycles. The molecule has 0 amide bonds. The van der Waals surface area contributed by atoms with Crippen LogP contribution in [-0.2, 0) is 5.41 Å². The van der Waals surface area contributed by atoms with E-state index >= 15 is 0 Å². The van der Waals surface area contributed by atoms with Crippen LogP contribution in [0.2, 0.25) is 0 Å². The van der Waals surface area contributed by atoms with Crippen molar-refractivity contribution in [3.8, 4) is 5.75 Å². The lowest BCUT2D eigenvalue weighted by molar-refractivity contribution is -0.274. The minimum Gasteiger partial charge on any atom is -0.406 e. The van der Waals surface area contributed by atoms with Crippen LogP contribution in [0.25, 0.3) is 5.57 Å². The lowest BCUT2D eigenvalue weighted by atomic mass is 9.83. The average molecular weight is 460 g/mol. The normalized spacial score (nSPS) is 12.8. The van der Waals surface area contributed by atoms with Gasteiger partial charge in [-0.3, -0.25) is 0 Å². The average Bonchev–Trinajstić information content (AvgIpc) is 2.74. The van der Waals surface area contributed by atoms with Gasteiger partial charge in [-0.05, 0) is 46.2 Å². The maximum Gasteiger partial charge on any atom is 0.573 e. The lowest BCUT2D eigenvalue weighted by Crippen LogP contribution is -2.17. The maximum absolute atomic E-state index is 14.1. The summed E-state index contributed by atoms with van der Waals surface area (Å²) in [5, 5.41) is 0. The third-order valence-electron chi connectivity index (χ3n) is 5.45. The summed E-state index contributed by atoms with van der Waals surface area (Å²) in [5.74, 6) is -0.840. The molecule has 1 nitrogen and oxygen atoms in total. The van der Waals surface area contributed by atoms with Crippen LogP contribution in [0, 0.1) is 0 Å². The fraction of sp³-hybridized carbons (Fsp3) is 0.259. The van der Waals surface area contributed by atoms with Crippen molar-refractivity contribution in [2.24, 2.45) is 0 Å². The number of allylic oxidation sites excluding steroid dienone is 1. The number of ether oxygens (including phenoxy) is 1. The summed E-state index contributed by atoms with van der Waals surface area (Å²) in [6, 6.07) is 21.5. The Bertz CT molecular complexity index is 1070. The van der Waals surface area contributed by atoms with Crippen LogP contribution in [-0.4, -0.2) is 6.36 Å². The summed E-state index contributed by atoms with van der Waals surface area (Å²) in [6.07, 6.45) is -6.59. The monoisotopic (exact) mass is 460 g/mol. The van der Waals surface area contributed by atoms with E-state index in [1.807, 2.05) is 51.1 Å². The zero-order valence-electron chi connectivity index (χ0n) is 18.6. The van der Waals surface area contributed by atoms with Crippen LogP contribution in [0.4, 0.5) is 22.0 Å². The van der Waals surface area contributed by atoms with Crippen molar-refractivity contribution in [1.29, 1.82) is 0 Å². The number of hydrogen-bond donors (Lipinski definition) is 0. The van der Waals surface area contributed by atoms with E-state index in [1.165, 1.54) is 24.3 Å². The SMILES string of the molecule is CC(C)(C)c1ccc(C(CC(c2ccccc2)c2ccc(OC(F)(F)F)cc2)=C(F)F)cc1. The molecule has 3 aromatic carbocycles. The van der Waals surface area contributed by atoms with Crippen LogP contribution in [0.1, 0.15) is 55.4 Å². The number of benzene rings is 3. The van der Waals surface area contributed by atoms with Gasteiger partial charge >= 0.3 is 6.36 Å². The molecule has 174 valence electrons. The zero-order chi connectivity index (χ0) is 24.2. The maximum atomic E-state index is 14.1. The quantitative estimate of drug-likeness (QED) is 0.334. The highest BCUT2D eigenvalue weighted by Gasteiger charge is 2.31. The topological polar surface area (TPSA) is 9.23 Å². The Morgan fingerprint density at radius 1 is 0.758 bits per heavy atom. The van der Waals surface area contributed by atoms with Gasteiger partial charge in [-0.15, -0.1) is 13.2 Å². The number of halogens is 5. The summed E-state index contributed by atoms with van der Waals surface area (Å²) in [6.45, 7) is 6.14. The van der Waals surface area contributed by atoms with Gasteiger partial charge in [0.05, 0.1) is 0 Å². The summed E-state index contributed by atoms with van der Waals surface area (Å²) in [5.41, 5.74) is 2.64. The van der Waals surface area contributed by atoms with Crippen LogP contribution in [0.3, 0.4) is 0 Å². The summed E-state index contributed by atoms with van der Waals surface area (Å²) in [7, 11) is 0. The van der Waals surface area contributed by atoms with E-state index in [2.05, 4.69) is 4.74 Å². The summed E-state index contributed by atoms with van der Waals surface area (Å²) >= 11 is 0. The molecule has 0 aliphatic carbocycles. The van der Waals surface area contributed by atoms with Crippen molar-refractivity contribution in [1.82, 2.24) is 0 Å². The fourth-order valence-corrected chi connectivity index (χ4v) is 3.69. The van der Waals surface area contributed by atoms with Gasteiger partial charge in [-0.2, -0.15) is 8.78 Å². The van der Waals surface area contributed by atoms with Gasteiger partial charge in [0.2, 0.25) is 0 Å². The first-order valence-corrected chi connectivity index (χ1v) is 10.5. The zero-order valence-corrected chi connectivity index (χ0v) is 18.6. The first kappa shape index (κ1) is 24.5. The Labute approximate surface area is 190 Å². The molecule has 0 saturated heterocycles. The highest BCUT2D eigenvalue weighted by molar-refractivity contribution is 5.68. The lowest BCUT2D eigenvalue weighted by Gasteiger charge is -2.22. The van der Waals surface area contributed by atoms with Crippen molar-refractivity contribution < 1.29 is 26.7 Å². The minimum absolute atomic E-state index is 0.0132. The second-order valence-corrected chi connectivity index (χ2v) is 8.85. The molecule has 3 aromatic rings. The second kappa shape index (κ2) is 9.77. The van der Waals surface area contributed by atoms with Crippen LogP contribution >= 0.6 is 0 Å². The number of rotatable bonds is 6. The van der Waals surface area contributed by atoms with Gasteiger partial charge in [0.15, 0.2) is 0 Å². The molecule has 1 atom stereocenters. The predicted octanol–water partition coefficient (Wildman–Crippen LogP) is 8.71. The third-order valence-corrected chi connectivity index (χ3v) is 5.45. The first-order valence-electron chi connectivity index (χ1n) is 10.5. The van der Waals surface area contributed by atoms with Crippen molar-refractivity contribution in [2.45, 2.75) is 44.9 Å². The predicted molar refractivity (Wildman–Crippen MR) is 120 cm³/mol. The molecule has 1 unspecified atom stereocenters. The Hall–Kier alpha value is -3.15. The summed E-state index contributed by atoms with van der Waals surface area (Å²) < 4.78 is 69.6. The Morgan fingerprint density at radius 3 is 1.79 bits per heavy atom. The first-order chi connectivity index (χ1) is 15.4. The number of hydrogen-bond acceptors (Lipinski definition) is 1. The molecule has 0 heterocycles. The van der Waals surface area contributed by atoms with Crippen molar-refractivity contribution in [3.63, 3.8) is 0 Å². The van der Waals surface area contributed by atoms with Crippen LogP contribution in [0.5, 0.6) is 5.75 Å². The summed E-state index contributed by atoms with van der Waals surface area (Å²) in [4.78, 5) is 0. The van der Waals surface area contributed by atoms with Gasteiger partial charge in [0.25, 0.3) is 6.08 Å². The Balaban J connectivity index is 1.97. The van der Waals surface area contributed by atoms with Crippen molar-refractivity contribution in [3.05, 3.63) is 107 Å². The Kier molecular flexibility index (Phi) is 7.25. The number of alkyl halides is 3. The van der Waals surface area contributed by atoms with Gasteiger partial charge in [-0.1, -0.05) is 87.5 Å². The fourth-order valence-electron chi connectivity index (χ4n) is 3.69. The molecular weight excluding hydrogens is 435 g/mol. The van der Waals surface area contributed by atoms with E-state index in [4.69, 9.17) is 0 Å². The van der Waals surface area contributed by atoms with Crippen molar-refractivity contribution >= 4 is 5.57 Å². The van der Waals surface area contributed by atoms with E-state index in [0.29, 0.717) is 11.1 Å². The molecule has 0 radical (unpaired) electrons. The van der Waals surface area contributed by atoms with Crippen LogP contribution in [0.15, 0.2) is 84.9 Å². The molecule has 0 spiro atoms. The van der Waals surface area contributed by atoms with Gasteiger partial charge in [0.1, 0.15) is 5.75 Å². The van der Waals surface area contributed by atoms with E-state index in [-0.39, 0.29) is 23.2 Å². The largest absolute Gasteiger partial charge is 0.573 e. The minimum atomic E-state index is -4.80. The third kappa shape index (κ3) is 6.67. The van der Waals surface area contributed by atoms with Gasteiger partial charge < -0.3 is 4.74 Å². The molecule has 0 N–H and O–H groups in total. The molecule has 3 rings (SSSR count). The molecule has 0 aromatic heterocycles. The molecular formula is C27H25F5O. The van der Waals surface area contributed by atoms with E-state index in [9.17, 15) is 22.0 Å². The van der Waals surface area contributed by atoms with Crippen molar-refractivity contribution in [2.75, 3.05) is 0 Å². The highest BCUT2D eigenvalue weighted by Crippen LogP contribution is 2.38. The Morgan fingerprint density at radius 2 is 1.30 bits per heavy atom. The molecule has 6 heteroatoms. The van der Waals surface area contributed by atoms with E-state index in [1.54, 1.807) is 24.3 Å². The molecule has 0 bridgehead atoms. The molecule has 0 aliphatic rings. The molecule has 33 heavy (non-hydrogen) atoms. The van der Waals surface area contributed by atoms with Crippen LogP contribution < -0.4 is 4.74 Å². The molecule has 0 fully saturated rings. The smallest absolute Gasteiger partial charge is 0.406 e. The van der Waals surface area contributed by atoms with Gasteiger partial charge in [-0.25, -0.2) is 0 Å². The molecule has 0 aliphatic heterocycles. The van der Waals surface area contributed by atoms with E-state index < -0.39 is 18.4 Å². The van der Waals surface area contributed by atoms with Gasteiger partial charge in [0, 0.05) is 11.5 Å².